The van der Waals surface area contributed by atoms with E-state index in [9.17, 15) is 18.0 Å². The number of hydrogen-bond donors (Lipinski definition) is 0. The molecule has 0 saturated carbocycles. The zero-order valence-corrected chi connectivity index (χ0v) is 14.1. The molecule has 0 amide bonds. The van der Waals surface area contributed by atoms with Crippen molar-refractivity contribution in [2.45, 2.75) is 31.4 Å². The first-order valence-corrected chi connectivity index (χ1v) is 8.74. The van der Waals surface area contributed by atoms with Crippen molar-refractivity contribution >= 4 is 27.3 Å². The number of Topliss-reactive ketones (excluding diaryl/α,β-unsaturated/α-hetero) is 1. The fourth-order valence-electron chi connectivity index (χ4n) is 2.73. The van der Waals surface area contributed by atoms with E-state index in [0.29, 0.717) is 16.1 Å². The number of benzene rings is 2. The minimum Gasteiger partial charge on any atom is -0.294 e. The van der Waals surface area contributed by atoms with Gasteiger partial charge in [0.15, 0.2) is 5.78 Å². The van der Waals surface area contributed by atoms with Gasteiger partial charge in [-0.25, -0.2) is 4.98 Å². The second-order valence-electron chi connectivity index (χ2n) is 5.86. The molecule has 3 rings (SSSR count). The third kappa shape index (κ3) is 4.66. The lowest BCUT2D eigenvalue weighted by molar-refractivity contribution is -0.139. The highest BCUT2D eigenvalue weighted by atomic mass is 32.1. The molecule has 0 saturated heterocycles. The molecule has 3 aromatic rings. The van der Waals surface area contributed by atoms with Gasteiger partial charge in [-0.1, -0.05) is 42.5 Å². The standard InChI is InChI=1S/C19H16F3NOS/c20-19(21,22)12-14(10-11-16(24)13-6-2-1-3-7-13)18-23-15-8-4-5-9-17(15)25-18/h1-9,14H,10-12H2/t14-/m0/s1. The first-order chi connectivity index (χ1) is 11.9. The molecule has 0 N–H and O–H groups in total. The van der Waals surface area contributed by atoms with Crippen molar-refractivity contribution in [2.24, 2.45) is 0 Å². The maximum absolute atomic E-state index is 13.0. The highest BCUT2D eigenvalue weighted by Gasteiger charge is 2.34. The van der Waals surface area contributed by atoms with Crippen LogP contribution in [0.15, 0.2) is 54.6 Å². The number of fused-ring (bicyclic) bond motifs is 1. The molecule has 2 nitrogen and oxygen atoms in total. The van der Waals surface area contributed by atoms with Gasteiger partial charge in [-0.3, -0.25) is 4.79 Å². The number of carbonyl (C=O) groups excluding carboxylic acids is 1. The molecule has 0 spiro atoms. The van der Waals surface area contributed by atoms with Crippen molar-refractivity contribution in [1.82, 2.24) is 4.98 Å². The lowest BCUT2D eigenvalue weighted by Crippen LogP contribution is -2.15. The van der Waals surface area contributed by atoms with Crippen LogP contribution in [0.5, 0.6) is 0 Å². The number of rotatable bonds is 6. The van der Waals surface area contributed by atoms with Gasteiger partial charge in [0.25, 0.3) is 0 Å². The Morgan fingerprint density at radius 2 is 1.72 bits per heavy atom. The molecule has 0 fully saturated rings. The van der Waals surface area contributed by atoms with Crippen molar-refractivity contribution in [2.75, 3.05) is 0 Å². The molecule has 25 heavy (non-hydrogen) atoms. The zero-order chi connectivity index (χ0) is 17.9. The van der Waals surface area contributed by atoms with E-state index in [1.54, 1.807) is 36.4 Å². The van der Waals surface area contributed by atoms with E-state index in [4.69, 9.17) is 0 Å². The molecule has 1 atom stereocenters. The summed E-state index contributed by atoms with van der Waals surface area (Å²) in [6, 6.07) is 15.9. The van der Waals surface area contributed by atoms with Gasteiger partial charge in [0.05, 0.1) is 21.6 Å². The predicted octanol–water partition coefficient (Wildman–Crippen LogP) is 6.00. The summed E-state index contributed by atoms with van der Waals surface area (Å²) >= 11 is 1.27. The van der Waals surface area contributed by atoms with Crippen molar-refractivity contribution in [3.8, 4) is 0 Å². The maximum atomic E-state index is 13.0. The molecule has 0 unspecified atom stereocenters. The summed E-state index contributed by atoms with van der Waals surface area (Å²) < 4.78 is 39.8. The number of carbonyl (C=O) groups is 1. The van der Waals surface area contributed by atoms with Crippen molar-refractivity contribution in [1.29, 1.82) is 0 Å². The number of halogens is 3. The van der Waals surface area contributed by atoms with Crippen LogP contribution >= 0.6 is 11.3 Å². The van der Waals surface area contributed by atoms with Crippen LogP contribution in [-0.2, 0) is 0 Å². The molecule has 6 heteroatoms. The number of ketones is 1. The summed E-state index contributed by atoms with van der Waals surface area (Å²) in [5.41, 5.74) is 1.22. The molecule has 0 aliphatic heterocycles. The Morgan fingerprint density at radius 1 is 1.04 bits per heavy atom. The van der Waals surface area contributed by atoms with E-state index in [-0.39, 0.29) is 18.6 Å². The fourth-order valence-corrected chi connectivity index (χ4v) is 3.83. The summed E-state index contributed by atoms with van der Waals surface area (Å²) in [7, 11) is 0. The van der Waals surface area contributed by atoms with Gasteiger partial charge in [-0.15, -0.1) is 11.3 Å². The first kappa shape index (κ1) is 17.6. The van der Waals surface area contributed by atoms with Gasteiger partial charge in [-0.05, 0) is 18.6 Å². The molecule has 0 bridgehead atoms. The molecular weight excluding hydrogens is 347 g/mol. The number of nitrogens with zero attached hydrogens (tertiary/aromatic N) is 1. The number of aromatic nitrogens is 1. The van der Waals surface area contributed by atoms with Gasteiger partial charge < -0.3 is 0 Å². The van der Waals surface area contributed by atoms with E-state index < -0.39 is 18.5 Å². The van der Waals surface area contributed by atoms with Crippen LogP contribution in [0.25, 0.3) is 10.2 Å². The number of para-hydroxylation sites is 1. The van der Waals surface area contributed by atoms with Gasteiger partial charge in [-0.2, -0.15) is 13.2 Å². The van der Waals surface area contributed by atoms with Crippen LogP contribution in [0.2, 0.25) is 0 Å². The highest BCUT2D eigenvalue weighted by molar-refractivity contribution is 7.18. The highest BCUT2D eigenvalue weighted by Crippen LogP contribution is 2.38. The average Bonchev–Trinajstić information content (AvgIpc) is 3.02. The third-order valence-electron chi connectivity index (χ3n) is 3.95. The second-order valence-corrected chi connectivity index (χ2v) is 6.93. The molecule has 2 aromatic carbocycles. The largest absolute Gasteiger partial charge is 0.389 e. The van der Waals surface area contributed by atoms with Gasteiger partial charge in [0, 0.05) is 17.9 Å². The normalized spacial score (nSPS) is 13.1. The lowest BCUT2D eigenvalue weighted by atomic mass is 9.96. The van der Waals surface area contributed by atoms with Crippen molar-refractivity contribution in [3.05, 3.63) is 65.2 Å². The fraction of sp³-hybridized carbons (Fsp3) is 0.263. The van der Waals surface area contributed by atoms with Crippen molar-refractivity contribution < 1.29 is 18.0 Å². The summed E-state index contributed by atoms with van der Waals surface area (Å²) in [4.78, 5) is 16.6. The Balaban J connectivity index is 1.78. The predicted molar refractivity (Wildman–Crippen MR) is 93.0 cm³/mol. The van der Waals surface area contributed by atoms with E-state index in [1.165, 1.54) is 11.3 Å². The Hall–Kier alpha value is -2.21. The minimum absolute atomic E-state index is 0.0701. The van der Waals surface area contributed by atoms with Gasteiger partial charge in [0.2, 0.25) is 0 Å². The quantitative estimate of drug-likeness (QED) is 0.503. The average molecular weight is 363 g/mol. The number of alkyl halides is 3. The molecule has 0 radical (unpaired) electrons. The third-order valence-corrected chi connectivity index (χ3v) is 5.15. The van der Waals surface area contributed by atoms with Crippen molar-refractivity contribution in [3.63, 3.8) is 0 Å². The minimum atomic E-state index is -4.29. The summed E-state index contributed by atoms with van der Waals surface area (Å²) in [6.45, 7) is 0. The van der Waals surface area contributed by atoms with E-state index in [0.717, 1.165) is 4.70 Å². The molecule has 0 aliphatic rings. The molecule has 1 aromatic heterocycles. The molecule has 1 heterocycles. The monoisotopic (exact) mass is 363 g/mol. The van der Waals surface area contributed by atoms with Gasteiger partial charge >= 0.3 is 6.18 Å². The first-order valence-electron chi connectivity index (χ1n) is 7.93. The van der Waals surface area contributed by atoms with E-state index >= 15 is 0 Å². The van der Waals surface area contributed by atoms with Crippen LogP contribution in [0.4, 0.5) is 13.2 Å². The summed E-state index contributed by atoms with van der Waals surface area (Å²) in [5, 5.41) is 0.444. The van der Waals surface area contributed by atoms with Gasteiger partial charge in [0.1, 0.15) is 0 Å². The Kier molecular flexibility index (Phi) is 5.18. The van der Waals surface area contributed by atoms with Crippen LogP contribution in [0.3, 0.4) is 0 Å². The summed E-state index contributed by atoms with van der Waals surface area (Å²) in [6.07, 6.45) is -5.05. The SMILES string of the molecule is O=C(CC[C@@H](CC(F)(F)F)c1nc2ccccc2s1)c1ccccc1. The topological polar surface area (TPSA) is 30.0 Å². The smallest absolute Gasteiger partial charge is 0.294 e. The van der Waals surface area contributed by atoms with Crippen LogP contribution in [-0.4, -0.2) is 16.9 Å². The van der Waals surface area contributed by atoms with E-state index in [1.807, 2.05) is 18.2 Å². The number of thiazole rings is 1. The molecule has 130 valence electrons. The Bertz CT molecular complexity index is 825. The van der Waals surface area contributed by atoms with Crippen LogP contribution in [0.1, 0.15) is 40.5 Å². The Labute approximate surface area is 147 Å². The zero-order valence-electron chi connectivity index (χ0n) is 13.3. The molecule has 0 aliphatic carbocycles. The Morgan fingerprint density at radius 3 is 2.40 bits per heavy atom. The number of hydrogen-bond acceptors (Lipinski definition) is 3. The summed E-state index contributed by atoms with van der Waals surface area (Å²) in [5.74, 6) is -0.945. The maximum Gasteiger partial charge on any atom is 0.389 e. The van der Waals surface area contributed by atoms with E-state index in [2.05, 4.69) is 4.98 Å². The second kappa shape index (κ2) is 7.35. The van der Waals surface area contributed by atoms with Crippen LogP contribution in [0, 0.1) is 0 Å². The van der Waals surface area contributed by atoms with Crippen LogP contribution < -0.4 is 0 Å². The lowest BCUT2D eigenvalue weighted by Gasteiger charge is -2.16. The molecular formula is C19H16F3NOS.